The van der Waals surface area contributed by atoms with Crippen molar-refractivity contribution < 1.29 is 25.5 Å². The Kier molecular flexibility index (Phi) is 2.30. The van der Waals surface area contributed by atoms with Crippen LogP contribution in [0.1, 0.15) is 0 Å². The van der Waals surface area contributed by atoms with Gasteiger partial charge in [-0.3, -0.25) is 0 Å². The Morgan fingerprint density at radius 3 is 3.09 bits per heavy atom. The maximum Gasteiger partial charge on any atom is 0.278 e. The fourth-order valence-corrected chi connectivity index (χ4v) is 0.835. The van der Waals surface area contributed by atoms with Crippen molar-refractivity contribution >= 4 is 17.1 Å². The number of rotatable bonds is 0. The second-order valence-corrected chi connectivity index (χ2v) is 1.95. The maximum atomic E-state index is 5.30. The minimum atomic E-state index is 0. The van der Waals surface area contributed by atoms with Crippen LogP contribution in [-0.4, -0.2) is 4.98 Å². The first-order chi connectivity index (χ1) is 4.86. The molecule has 0 bridgehead atoms. The molecule has 1 aromatic carbocycles. The molecule has 0 atom stereocenters. The van der Waals surface area contributed by atoms with Crippen LogP contribution in [0, 0.1) is 6.07 Å². The number of hydrogen-bond donors (Lipinski definition) is 1. The summed E-state index contributed by atoms with van der Waals surface area (Å²) in [7, 11) is 0. The number of nitrogens with two attached hydrogens (primary N) is 1. The molecule has 3 nitrogen and oxygen atoms in total. The third kappa shape index (κ3) is 1.43. The van der Waals surface area contributed by atoms with Gasteiger partial charge in [0.05, 0.1) is 0 Å². The Hall–Kier alpha value is -0.822. The number of benzene rings is 1. The molecule has 0 spiro atoms. The number of nitrogen functional groups attached to an aromatic ring is 1. The van der Waals surface area contributed by atoms with E-state index in [0.717, 1.165) is 5.52 Å². The molecule has 0 fully saturated rings. The smallest absolute Gasteiger partial charge is 0.278 e. The van der Waals surface area contributed by atoms with Crippen molar-refractivity contribution in [3.8, 4) is 0 Å². The summed E-state index contributed by atoms with van der Waals surface area (Å²) in [5, 5.41) is 0. The van der Waals surface area contributed by atoms with Crippen LogP contribution in [0.3, 0.4) is 0 Å². The van der Waals surface area contributed by atoms with E-state index in [1.165, 1.54) is 0 Å². The molecule has 1 aromatic heterocycles. The van der Waals surface area contributed by atoms with Gasteiger partial charge in [-0.1, -0.05) is 0 Å². The summed E-state index contributed by atoms with van der Waals surface area (Å²) >= 11 is 0. The van der Waals surface area contributed by atoms with E-state index in [2.05, 4.69) is 11.1 Å². The minimum absolute atomic E-state index is 0. The molecule has 0 aliphatic heterocycles. The molecule has 0 aliphatic carbocycles. The Labute approximate surface area is 77.9 Å². The quantitative estimate of drug-likeness (QED) is 0.743. The summed E-state index contributed by atoms with van der Waals surface area (Å²) < 4.78 is 5.00. The summed E-state index contributed by atoms with van der Waals surface area (Å²) in [6, 6.07) is 8.34. The van der Waals surface area contributed by atoms with E-state index >= 15 is 0 Å². The van der Waals surface area contributed by atoms with Crippen LogP contribution in [0.25, 0.3) is 11.1 Å². The fourth-order valence-electron chi connectivity index (χ4n) is 0.835. The third-order valence-electron chi connectivity index (χ3n) is 1.25. The zero-order valence-electron chi connectivity index (χ0n) is 5.57. The van der Waals surface area contributed by atoms with Crippen LogP contribution >= 0.6 is 0 Å². The molecule has 2 aromatic rings. The van der Waals surface area contributed by atoms with Gasteiger partial charge in [0.25, 0.3) is 6.01 Å². The zero-order chi connectivity index (χ0) is 6.97. The van der Waals surface area contributed by atoms with Crippen LogP contribution in [0.15, 0.2) is 22.6 Å². The molecule has 0 saturated carbocycles. The monoisotopic (exact) mass is 317 g/mol. The van der Waals surface area contributed by atoms with E-state index in [-0.39, 0.29) is 27.1 Å². The number of nitrogens with zero attached hydrogens (tertiary/aromatic N) is 1. The molecule has 0 aliphatic rings. The summed E-state index contributed by atoms with van der Waals surface area (Å²) in [6.07, 6.45) is 0. The van der Waals surface area contributed by atoms with Gasteiger partial charge in [-0.15, -0.1) is 12.1 Å². The van der Waals surface area contributed by atoms with E-state index in [9.17, 15) is 0 Å². The second kappa shape index (κ2) is 3.05. The van der Waals surface area contributed by atoms with Crippen molar-refractivity contribution in [2.75, 3.05) is 5.73 Å². The standard InChI is InChI=1S/C7H5N2O.W/c8-7-9-5-3-1-2-4-6(5)10-7;/h1,3-4H,(H2,8,9);/q-1;. The SMILES string of the molecule is Nc1nc2cc[c-]cc2o1.[W]. The van der Waals surface area contributed by atoms with Crippen molar-refractivity contribution in [1.29, 1.82) is 0 Å². The van der Waals surface area contributed by atoms with Crippen LogP contribution in [0.4, 0.5) is 6.01 Å². The van der Waals surface area contributed by atoms with Gasteiger partial charge < -0.3 is 10.2 Å². The average Bonchev–Trinajstić information content (AvgIpc) is 2.27. The molecule has 56 valence electrons. The summed E-state index contributed by atoms with van der Waals surface area (Å²) in [4.78, 5) is 3.90. The van der Waals surface area contributed by atoms with E-state index in [0.29, 0.717) is 5.58 Å². The largest absolute Gasteiger partial charge is 0.488 e. The van der Waals surface area contributed by atoms with Gasteiger partial charge in [-0.05, 0) is 0 Å². The minimum Gasteiger partial charge on any atom is -0.488 e. The van der Waals surface area contributed by atoms with Gasteiger partial charge >= 0.3 is 0 Å². The van der Waals surface area contributed by atoms with Crippen molar-refractivity contribution in [3.05, 3.63) is 24.3 Å². The van der Waals surface area contributed by atoms with E-state index < -0.39 is 0 Å². The molecule has 11 heavy (non-hydrogen) atoms. The third-order valence-corrected chi connectivity index (χ3v) is 1.25. The zero-order valence-corrected chi connectivity index (χ0v) is 8.51. The van der Waals surface area contributed by atoms with E-state index in [4.69, 9.17) is 10.2 Å². The van der Waals surface area contributed by atoms with Gasteiger partial charge in [0.15, 0.2) is 0 Å². The van der Waals surface area contributed by atoms with Crippen LogP contribution in [0.2, 0.25) is 0 Å². The van der Waals surface area contributed by atoms with Crippen molar-refractivity contribution in [2.45, 2.75) is 0 Å². The predicted molar refractivity (Wildman–Crippen MR) is 37.3 cm³/mol. The molecule has 1 heterocycles. The number of aromatic nitrogens is 1. The molecule has 0 radical (unpaired) electrons. The first-order valence-electron chi connectivity index (χ1n) is 2.88. The number of hydrogen-bond acceptors (Lipinski definition) is 3. The predicted octanol–water partition coefficient (Wildman–Crippen LogP) is 1.21. The number of oxazole rings is 1. The van der Waals surface area contributed by atoms with Gasteiger partial charge in [0.1, 0.15) is 0 Å². The van der Waals surface area contributed by atoms with Crippen molar-refractivity contribution in [3.63, 3.8) is 0 Å². The molecular weight excluding hydrogens is 312 g/mol. The van der Waals surface area contributed by atoms with Gasteiger partial charge in [-0.2, -0.15) is 12.1 Å². The van der Waals surface area contributed by atoms with Gasteiger partial charge in [0.2, 0.25) is 0 Å². The molecule has 4 heteroatoms. The van der Waals surface area contributed by atoms with Gasteiger partial charge in [-0.25, -0.2) is 4.98 Å². The fraction of sp³-hybridized carbons (Fsp3) is 0. The van der Waals surface area contributed by atoms with E-state index in [1.54, 1.807) is 18.2 Å². The topological polar surface area (TPSA) is 52.0 Å². The number of anilines is 1. The Balaban J connectivity index is 0.000000605. The van der Waals surface area contributed by atoms with Crippen molar-refractivity contribution in [1.82, 2.24) is 4.98 Å². The summed E-state index contributed by atoms with van der Waals surface area (Å²) in [5.74, 6) is 0. The van der Waals surface area contributed by atoms with Gasteiger partial charge in [0, 0.05) is 32.2 Å². The first-order valence-corrected chi connectivity index (χ1v) is 2.88. The molecular formula is C7H5N2OW-. The number of fused-ring (bicyclic) bond motifs is 1. The molecule has 2 N–H and O–H groups in total. The molecule has 2 rings (SSSR count). The molecule has 0 saturated heterocycles. The second-order valence-electron chi connectivity index (χ2n) is 1.95. The summed E-state index contributed by atoms with van der Waals surface area (Å²) in [6.45, 7) is 0. The Morgan fingerprint density at radius 1 is 1.55 bits per heavy atom. The normalized spacial score (nSPS) is 9.45. The Morgan fingerprint density at radius 2 is 2.36 bits per heavy atom. The molecule has 0 unspecified atom stereocenters. The Bertz CT molecular complexity index is 325. The van der Waals surface area contributed by atoms with Crippen molar-refractivity contribution in [2.24, 2.45) is 0 Å². The van der Waals surface area contributed by atoms with Crippen LogP contribution < -0.4 is 5.73 Å². The van der Waals surface area contributed by atoms with Crippen LogP contribution in [0.5, 0.6) is 0 Å². The molecule has 0 amide bonds. The average molecular weight is 317 g/mol. The maximum absolute atomic E-state index is 5.30. The first kappa shape index (κ1) is 8.28. The summed E-state index contributed by atoms with van der Waals surface area (Å²) in [5.41, 5.74) is 6.75. The van der Waals surface area contributed by atoms with E-state index in [1.807, 2.05) is 0 Å². The van der Waals surface area contributed by atoms with Crippen LogP contribution in [-0.2, 0) is 21.1 Å².